The SMILES string of the molecule is C[C@@H]1CN(c2ccc(C#N)c3cc(F)ccc23)CCN1CC[C@@H]1OCCc2cc(C(N)=O)ccc21. The zero-order valence-electron chi connectivity index (χ0n) is 19.8. The van der Waals surface area contributed by atoms with Gasteiger partial charge in [-0.2, -0.15) is 5.26 Å². The third kappa shape index (κ3) is 4.60. The molecule has 1 fully saturated rings. The first kappa shape index (κ1) is 23.3. The average Bonchev–Trinajstić information content (AvgIpc) is 2.86. The number of piperazine rings is 1. The number of hydrogen-bond donors (Lipinski definition) is 1. The second-order valence-corrected chi connectivity index (χ2v) is 9.44. The van der Waals surface area contributed by atoms with Gasteiger partial charge in [0.2, 0.25) is 5.91 Å². The molecule has 0 radical (unpaired) electrons. The minimum Gasteiger partial charge on any atom is -0.373 e. The number of amides is 1. The van der Waals surface area contributed by atoms with E-state index >= 15 is 0 Å². The molecule has 1 amide bonds. The molecule has 3 aromatic carbocycles. The summed E-state index contributed by atoms with van der Waals surface area (Å²) >= 11 is 0. The van der Waals surface area contributed by atoms with E-state index in [-0.39, 0.29) is 11.9 Å². The second-order valence-electron chi connectivity index (χ2n) is 9.44. The number of nitriles is 1. The molecule has 180 valence electrons. The highest BCUT2D eigenvalue weighted by molar-refractivity contribution is 5.98. The van der Waals surface area contributed by atoms with Crippen LogP contribution >= 0.6 is 0 Å². The molecular formula is C28H29FN4O2. The molecule has 3 aromatic rings. The first-order valence-corrected chi connectivity index (χ1v) is 12.1. The molecule has 0 aliphatic carbocycles. The second kappa shape index (κ2) is 9.65. The highest BCUT2D eigenvalue weighted by Gasteiger charge is 2.28. The predicted molar refractivity (Wildman–Crippen MR) is 134 cm³/mol. The van der Waals surface area contributed by atoms with Crippen molar-refractivity contribution in [3.63, 3.8) is 0 Å². The first-order chi connectivity index (χ1) is 16.9. The monoisotopic (exact) mass is 472 g/mol. The van der Waals surface area contributed by atoms with Crippen molar-refractivity contribution in [1.82, 2.24) is 4.90 Å². The zero-order valence-corrected chi connectivity index (χ0v) is 19.8. The molecule has 6 nitrogen and oxygen atoms in total. The molecule has 2 heterocycles. The molecule has 35 heavy (non-hydrogen) atoms. The van der Waals surface area contributed by atoms with E-state index in [0.29, 0.717) is 29.2 Å². The van der Waals surface area contributed by atoms with E-state index in [1.807, 2.05) is 18.2 Å². The normalized spacial score (nSPS) is 20.4. The van der Waals surface area contributed by atoms with Gasteiger partial charge in [0.05, 0.1) is 24.3 Å². The van der Waals surface area contributed by atoms with Gasteiger partial charge in [0.25, 0.3) is 0 Å². The van der Waals surface area contributed by atoms with Crippen molar-refractivity contribution in [1.29, 1.82) is 5.26 Å². The van der Waals surface area contributed by atoms with Crippen molar-refractivity contribution < 1.29 is 13.9 Å². The van der Waals surface area contributed by atoms with E-state index in [2.05, 4.69) is 22.8 Å². The molecule has 5 rings (SSSR count). The zero-order chi connectivity index (χ0) is 24.5. The highest BCUT2D eigenvalue weighted by Crippen LogP contribution is 2.33. The largest absolute Gasteiger partial charge is 0.373 e. The molecule has 2 aliphatic rings. The summed E-state index contributed by atoms with van der Waals surface area (Å²) in [5.41, 5.74) is 9.84. The van der Waals surface area contributed by atoms with Gasteiger partial charge in [0.1, 0.15) is 5.82 Å². The number of ether oxygens (including phenoxy) is 1. The van der Waals surface area contributed by atoms with E-state index in [1.165, 1.54) is 12.1 Å². The van der Waals surface area contributed by atoms with Crippen molar-refractivity contribution in [3.05, 3.63) is 76.6 Å². The van der Waals surface area contributed by atoms with Crippen LogP contribution in [-0.2, 0) is 11.2 Å². The van der Waals surface area contributed by atoms with Gasteiger partial charge in [-0.3, -0.25) is 9.69 Å². The third-order valence-corrected chi connectivity index (χ3v) is 7.33. The number of fused-ring (bicyclic) bond motifs is 2. The van der Waals surface area contributed by atoms with Crippen molar-refractivity contribution in [2.45, 2.75) is 31.9 Å². The van der Waals surface area contributed by atoms with Gasteiger partial charge in [0.15, 0.2) is 0 Å². The Balaban J connectivity index is 1.27. The molecule has 0 bridgehead atoms. The maximum Gasteiger partial charge on any atom is 0.248 e. The van der Waals surface area contributed by atoms with Crippen molar-refractivity contribution in [2.24, 2.45) is 5.73 Å². The van der Waals surface area contributed by atoms with Gasteiger partial charge in [0, 0.05) is 54.2 Å². The Kier molecular flexibility index (Phi) is 6.42. The quantitative estimate of drug-likeness (QED) is 0.603. The van der Waals surface area contributed by atoms with Crippen LogP contribution in [0.2, 0.25) is 0 Å². The Morgan fingerprint density at radius 2 is 2.03 bits per heavy atom. The van der Waals surface area contributed by atoms with Gasteiger partial charge in [-0.15, -0.1) is 0 Å². The Bertz CT molecular complexity index is 1320. The number of rotatable bonds is 5. The molecular weight excluding hydrogens is 443 g/mol. The number of halogens is 1. The topological polar surface area (TPSA) is 82.6 Å². The van der Waals surface area contributed by atoms with Gasteiger partial charge < -0.3 is 15.4 Å². The molecule has 0 unspecified atom stereocenters. The van der Waals surface area contributed by atoms with Crippen LogP contribution in [0.4, 0.5) is 10.1 Å². The number of hydrogen-bond acceptors (Lipinski definition) is 5. The maximum atomic E-state index is 13.9. The minimum atomic E-state index is -0.400. The van der Waals surface area contributed by atoms with E-state index in [4.69, 9.17) is 10.5 Å². The van der Waals surface area contributed by atoms with Crippen LogP contribution in [0.3, 0.4) is 0 Å². The molecule has 2 aliphatic heterocycles. The van der Waals surface area contributed by atoms with E-state index in [1.54, 1.807) is 18.2 Å². The van der Waals surface area contributed by atoms with Crippen LogP contribution in [0.15, 0.2) is 48.5 Å². The molecule has 0 aromatic heterocycles. The number of primary amides is 1. The van der Waals surface area contributed by atoms with Gasteiger partial charge in [-0.05, 0) is 73.4 Å². The smallest absolute Gasteiger partial charge is 0.248 e. The standard InChI is InChI=1S/C28H29FN4O2/c1-18-17-33(26-7-3-21(16-30)25-15-22(29)4-6-24(25)26)12-11-32(18)10-8-27-23-5-2-20(28(31)34)14-19(23)9-13-35-27/h2-7,14-15,18,27H,8-13,17H2,1H3,(H2,31,34)/t18-,27+/m1/s1. The van der Waals surface area contributed by atoms with Crippen LogP contribution in [0, 0.1) is 17.1 Å². The van der Waals surface area contributed by atoms with Crippen molar-refractivity contribution in [2.75, 3.05) is 37.7 Å². The molecule has 2 N–H and O–H groups in total. The lowest BCUT2D eigenvalue weighted by Gasteiger charge is -2.42. The Morgan fingerprint density at radius 1 is 1.17 bits per heavy atom. The number of benzene rings is 3. The maximum absolute atomic E-state index is 13.9. The van der Waals surface area contributed by atoms with E-state index in [9.17, 15) is 14.4 Å². The number of nitrogens with two attached hydrogens (primary N) is 1. The number of anilines is 1. The summed E-state index contributed by atoms with van der Waals surface area (Å²) in [5, 5.41) is 11.0. The molecule has 0 spiro atoms. The Hall–Kier alpha value is -3.47. The fourth-order valence-electron chi connectivity index (χ4n) is 5.44. The number of nitrogens with zero attached hydrogens (tertiary/aromatic N) is 3. The molecule has 0 saturated carbocycles. The summed E-state index contributed by atoms with van der Waals surface area (Å²) in [6.07, 6.45) is 1.69. The lowest BCUT2D eigenvalue weighted by atomic mass is 9.93. The Morgan fingerprint density at radius 3 is 2.80 bits per heavy atom. The van der Waals surface area contributed by atoms with Crippen LogP contribution in [0.25, 0.3) is 10.8 Å². The number of carbonyl (C=O) groups excluding carboxylic acids is 1. The lowest BCUT2D eigenvalue weighted by molar-refractivity contribution is 0.0255. The first-order valence-electron chi connectivity index (χ1n) is 12.1. The van der Waals surface area contributed by atoms with Gasteiger partial charge in [-0.1, -0.05) is 6.07 Å². The highest BCUT2D eigenvalue weighted by atomic mass is 19.1. The fourth-order valence-corrected chi connectivity index (χ4v) is 5.44. The summed E-state index contributed by atoms with van der Waals surface area (Å²) in [6, 6.07) is 16.6. The lowest BCUT2D eigenvalue weighted by Crippen LogP contribution is -2.52. The summed E-state index contributed by atoms with van der Waals surface area (Å²) < 4.78 is 20.0. The average molecular weight is 473 g/mol. The van der Waals surface area contributed by atoms with Crippen LogP contribution in [-0.4, -0.2) is 49.6 Å². The fraction of sp³-hybridized carbons (Fsp3) is 0.357. The summed E-state index contributed by atoms with van der Waals surface area (Å²) in [6.45, 7) is 6.40. The van der Waals surface area contributed by atoms with E-state index < -0.39 is 5.91 Å². The number of carbonyl (C=O) groups is 1. The van der Waals surface area contributed by atoms with Gasteiger partial charge >= 0.3 is 0 Å². The molecule has 2 atom stereocenters. The van der Waals surface area contributed by atoms with E-state index in [0.717, 1.165) is 61.2 Å². The Labute approximate surface area is 204 Å². The van der Waals surface area contributed by atoms with Crippen molar-refractivity contribution in [3.8, 4) is 6.07 Å². The predicted octanol–water partition coefficient (Wildman–Crippen LogP) is 4.16. The molecule has 1 saturated heterocycles. The van der Waals surface area contributed by atoms with Crippen LogP contribution in [0.1, 0.15) is 46.5 Å². The molecule has 7 heteroatoms. The summed E-state index contributed by atoms with van der Waals surface area (Å²) in [4.78, 5) is 16.4. The van der Waals surface area contributed by atoms with Gasteiger partial charge in [-0.25, -0.2) is 4.39 Å². The minimum absolute atomic E-state index is 0.0169. The third-order valence-electron chi connectivity index (χ3n) is 7.33. The summed E-state index contributed by atoms with van der Waals surface area (Å²) in [5.74, 6) is -0.732. The van der Waals surface area contributed by atoms with Crippen LogP contribution in [0.5, 0.6) is 0 Å². The van der Waals surface area contributed by atoms with Crippen molar-refractivity contribution >= 4 is 22.4 Å². The summed E-state index contributed by atoms with van der Waals surface area (Å²) in [7, 11) is 0. The van der Waals surface area contributed by atoms with Crippen LogP contribution < -0.4 is 10.6 Å².